The molecule has 0 aliphatic carbocycles. The minimum atomic E-state index is -1.09. The van der Waals surface area contributed by atoms with Crippen molar-refractivity contribution in [3.63, 3.8) is 0 Å². The molecule has 316 valence electrons. The van der Waals surface area contributed by atoms with Gasteiger partial charge in [-0.25, -0.2) is 15.6 Å². The normalized spacial score (nSPS) is 28.9. The summed E-state index contributed by atoms with van der Waals surface area (Å²) in [5.74, 6) is -4.30. The van der Waals surface area contributed by atoms with Crippen LogP contribution in [-0.4, -0.2) is 107 Å². The summed E-state index contributed by atoms with van der Waals surface area (Å²) in [6, 6.07) is -5.85. The Morgan fingerprint density at radius 2 is 1.48 bits per heavy atom. The summed E-state index contributed by atoms with van der Waals surface area (Å²) >= 11 is 0. The molecule has 9 atom stereocenters. The number of rotatable bonds is 11. The maximum absolute atomic E-state index is 14.4. The van der Waals surface area contributed by atoms with Crippen molar-refractivity contribution < 1.29 is 38.3 Å². The number of amides is 5. The summed E-state index contributed by atoms with van der Waals surface area (Å²) in [5, 5.41) is 14.2. The molecule has 0 saturated carbocycles. The fraction of sp³-hybridized carbons (Fsp3) is 0.775. The lowest BCUT2D eigenvalue weighted by atomic mass is 9.87. The molecule has 16 heteroatoms. The van der Waals surface area contributed by atoms with Crippen LogP contribution in [0.15, 0.2) is 12.3 Å². The van der Waals surface area contributed by atoms with Crippen molar-refractivity contribution >= 4 is 41.8 Å². The van der Waals surface area contributed by atoms with Crippen LogP contribution in [0.2, 0.25) is 0 Å². The van der Waals surface area contributed by atoms with E-state index in [0.29, 0.717) is 64.4 Å². The van der Waals surface area contributed by atoms with Crippen LogP contribution in [-0.2, 0) is 38.3 Å². The van der Waals surface area contributed by atoms with Gasteiger partial charge in [0.2, 0.25) is 24.1 Å². The van der Waals surface area contributed by atoms with Gasteiger partial charge in [-0.1, -0.05) is 68.4 Å². The van der Waals surface area contributed by atoms with E-state index in [1.165, 1.54) is 10.0 Å². The number of hydrazine groups is 2. The van der Waals surface area contributed by atoms with Crippen LogP contribution in [0.1, 0.15) is 114 Å². The van der Waals surface area contributed by atoms with Gasteiger partial charge >= 0.3 is 5.97 Å². The Kier molecular flexibility index (Phi) is 17.8. The van der Waals surface area contributed by atoms with Crippen LogP contribution in [0.25, 0.3) is 0 Å². The Bertz CT molecular complexity index is 1420. The highest BCUT2D eigenvalue weighted by Gasteiger charge is 2.43. The highest BCUT2D eigenvalue weighted by molar-refractivity contribution is 5.96. The molecular weight excluding hydrogens is 720 g/mol. The van der Waals surface area contributed by atoms with Gasteiger partial charge in [0, 0.05) is 31.1 Å². The van der Waals surface area contributed by atoms with Crippen molar-refractivity contribution in [2.45, 2.75) is 156 Å². The van der Waals surface area contributed by atoms with E-state index in [2.05, 4.69) is 38.7 Å². The first-order valence-electron chi connectivity index (χ1n) is 20.5. The Morgan fingerprint density at radius 1 is 0.893 bits per heavy atom. The molecule has 0 radical (unpaired) electrons. The second-order valence-electron chi connectivity index (χ2n) is 16.9. The number of Topliss-reactive ketones (excluding diaryl/α,β-unsaturated/α-hetero) is 1. The zero-order valence-electron chi connectivity index (χ0n) is 34.9. The smallest absolute Gasteiger partial charge is 0.330 e. The first-order valence-corrected chi connectivity index (χ1v) is 20.5. The topological polar surface area (TPSA) is 207 Å². The number of hydrogen-bond acceptors (Lipinski definition) is 11. The Morgan fingerprint density at radius 3 is 2.04 bits per heavy atom. The number of nitrogens with one attached hydrogen (secondary N) is 6. The van der Waals surface area contributed by atoms with Crippen molar-refractivity contribution in [3.05, 3.63) is 12.3 Å². The van der Waals surface area contributed by atoms with Crippen molar-refractivity contribution in [3.8, 4) is 0 Å². The van der Waals surface area contributed by atoms with Crippen molar-refractivity contribution in [2.75, 3.05) is 13.1 Å². The van der Waals surface area contributed by atoms with Crippen molar-refractivity contribution in [2.24, 2.45) is 29.6 Å². The predicted octanol–water partition coefficient (Wildman–Crippen LogP) is 1.85. The van der Waals surface area contributed by atoms with Crippen LogP contribution in [0, 0.1) is 29.6 Å². The lowest BCUT2D eigenvalue weighted by Gasteiger charge is -2.40. The third kappa shape index (κ3) is 12.2. The fourth-order valence-corrected chi connectivity index (χ4v) is 7.68. The number of ketones is 1. The molecule has 5 amide bonds. The molecule has 3 fully saturated rings. The van der Waals surface area contributed by atoms with E-state index < -0.39 is 77.9 Å². The number of nitrogens with zero attached hydrogens (tertiary/aromatic N) is 2. The Labute approximate surface area is 332 Å². The van der Waals surface area contributed by atoms with E-state index in [4.69, 9.17) is 4.74 Å². The van der Waals surface area contributed by atoms with Crippen LogP contribution in [0.3, 0.4) is 0 Å². The quantitative estimate of drug-likeness (QED) is 0.132. The molecule has 0 bridgehead atoms. The highest BCUT2D eigenvalue weighted by atomic mass is 16.5. The number of fused-ring (bicyclic) bond motifs is 2. The molecule has 6 N–H and O–H groups in total. The minimum Gasteiger partial charge on any atom is -0.458 e. The monoisotopic (exact) mass is 789 g/mol. The molecule has 3 saturated heterocycles. The molecule has 3 aliphatic heterocycles. The van der Waals surface area contributed by atoms with Gasteiger partial charge in [-0.3, -0.25) is 38.8 Å². The molecule has 16 nitrogen and oxygen atoms in total. The second-order valence-corrected chi connectivity index (χ2v) is 16.9. The van der Waals surface area contributed by atoms with Crippen LogP contribution < -0.4 is 32.1 Å². The van der Waals surface area contributed by atoms with E-state index in [-0.39, 0.29) is 41.6 Å². The average molecular weight is 789 g/mol. The molecule has 3 heterocycles. The van der Waals surface area contributed by atoms with Crippen molar-refractivity contribution in [1.82, 2.24) is 42.1 Å². The SMILES string of the molecule is C=C1NC(CC(C)C)C(=O)N[C@H](C(C)C)C(=O)N2NCCCC2C(=O)CC(CC(C)C)C(=O)N2NCCCC2C(=O)OC(C)[C@H]1NC(=O)[C@@H](NC=O)[C@@H](C)CC. The molecule has 56 heavy (non-hydrogen) atoms. The van der Waals surface area contributed by atoms with E-state index in [1.54, 1.807) is 6.92 Å². The van der Waals surface area contributed by atoms with Crippen LogP contribution in [0.4, 0.5) is 0 Å². The predicted molar refractivity (Wildman–Crippen MR) is 211 cm³/mol. The second kappa shape index (κ2) is 21.5. The Hall–Kier alpha value is -4.05. The van der Waals surface area contributed by atoms with Gasteiger partial charge in [0.05, 0.1) is 0 Å². The Balaban J connectivity index is 2.17. The van der Waals surface area contributed by atoms with Gasteiger partial charge < -0.3 is 26.0 Å². The number of ether oxygens (including phenoxy) is 1. The zero-order chi connectivity index (χ0) is 41.9. The van der Waals surface area contributed by atoms with Gasteiger partial charge in [0.1, 0.15) is 42.4 Å². The van der Waals surface area contributed by atoms with E-state index in [0.717, 1.165) is 0 Å². The molecule has 0 spiro atoms. The summed E-state index contributed by atoms with van der Waals surface area (Å²) < 4.78 is 6.05. The number of esters is 1. The largest absolute Gasteiger partial charge is 0.458 e. The lowest BCUT2D eigenvalue weighted by molar-refractivity contribution is -0.167. The lowest BCUT2D eigenvalue weighted by Crippen LogP contribution is -2.63. The fourth-order valence-electron chi connectivity index (χ4n) is 7.68. The van der Waals surface area contributed by atoms with Gasteiger partial charge in [-0.15, -0.1) is 0 Å². The summed E-state index contributed by atoms with van der Waals surface area (Å²) in [5.41, 5.74) is 6.35. The van der Waals surface area contributed by atoms with Gasteiger partial charge in [0.25, 0.3) is 5.91 Å². The summed E-state index contributed by atoms with van der Waals surface area (Å²) in [6.45, 7) is 21.8. The molecule has 0 aromatic heterocycles. The standard InChI is InChI=1S/C40H68N8O8/c1-11-25(8)34(41-21-49)37(52)46-35-26(9)44-29(19-23(4)5)36(51)45-33(24(6)7)39(54)47-30(14-12-16-42-47)32(50)20-28(18-22(2)3)38(53)48-31(15-13-17-43-48)40(55)56-27(35)10/h21-25,27-31,33-35,42-44H,9,11-20H2,1-8,10H3,(H,41,49)(H,45,51)(H,46,52)/t25-,27?,28?,29?,30?,31?,33+,34-,35-/m0/s1. The van der Waals surface area contributed by atoms with Gasteiger partial charge in [0.15, 0.2) is 5.78 Å². The molecule has 3 aliphatic rings. The van der Waals surface area contributed by atoms with Crippen molar-refractivity contribution in [1.29, 1.82) is 0 Å². The summed E-state index contributed by atoms with van der Waals surface area (Å²) in [6.07, 6.45) is 2.38. The molecule has 3 rings (SSSR count). The first-order chi connectivity index (χ1) is 26.4. The first kappa shape index (κ1) is 46.3. The molecule has 0 aromatic carbocycles. The minimum absolute atomic E-state index is 0.00240. The third-order valence-corrected chi connectivity index (χ3v) is 11.0. The number of carbonyl (C=O) groups excluding carboxylic acids is 7. The van der Waals surface area contributed by atoms with E-state index >= 15 is 0 Å². The maximum Gasteiger partial charge on any atom is 0.330 e. The van der Waals surface area contributed by atoms with E-state index in [9.17, 15) is 33.6 Å². The summed E-state index contributed by atoms with van der Waals surface area (Å²) in [7, 11) is 0. The van der Waals surface area contributed by atoms with Crippen LogP contribution >= 0.6 is 0 Å². The highest BCUT2D eigenvalue weighted by Crippen LogP contribution is 2.27. The zero-order valence-corrected chi connectivity index (χ0v) is 34.9. The average Bonchev–Trinajstić information content (AvgIpc) is 3.15. The molecular formula is C40H68N8O8. The third-order valence-electron chi connectivity index (χ3n) is 11.0. The maximum atomic E-state index is 14.4. The van der Waals surface area contributed by atoms with Crippen LogP contribution in [0.5, 0.6) is 0 Å². The van der Waals surface area contributed by atoms with Gasteiger partial charge in [-0.05, 0) is 69.1 Å². The number of hydrogen-bond donors (Lipinski definition) is 6. The number of cyclic esters (lactones) is 1. The molecule has 0 aromatic rings. The van der Waals surface area contributed by atoms with Gasteiger partial charge in [-0.2, -0.15) is 0 Å². The van der Waals surface area contributed by atoms with E-state index in [1.807, 2.05) is 55.4 Å². The number of carbonyl (C=O) groups is 7. The summed E-state index contributed by atoms with van der Waals surface area (Å²) in [4.78, 5) is 96.5. The molecule has 5 unspecified atom stereocenters.